The molecule has 0 fully saturated rings. The first-order valence-electron chi connectivity index (χ1n) is 17.0. The van der Waals surface area contributed by atoms with Gasteiger partial charge in [0.1, 0.15) is 0 Å². The van der Waals surface area contributed by atoms with E-state index in [0.717, 1.165) is 83.5 Å². The van der Waals surface area contributed by atoms with Crippen molar-refractivity contribution < 1.29 is 0 Å². The molecule has 0 aliphatic carbocycles. The summed E-state index contributed by atoms with van der Waals surface area (Å²) in [5, 5.41) is 2.09. The SMILES string of the molecule is Cc1ccc2ccc3c(-c4cccnc4)cc(-c4cccc(-c5nc(-c6ccccc6)cc(-c6ccc(-c7ccccc7)cc6)n5)c4)nc3c2n1. The molecule has 9 aromatic rings. The number of aromatic nitrogens is 5. The summed E-state index contributed by atoms with van der Waals surface area (Å²) in [5.74, 6) is 0.649. The average molecular weight is 654 g/mol. The third-order valence-electron chi connectivity index (χ3n) is 9.25. The van der Waals surface area contributed by atoms with Crippen molar-refractivity contribution in [1.82, 2.24) is 24.9 Å². The molecule has 0 saturated heterocycles. The maximum absolute atomic E-state index is 5.28. The van der Waals surface area contributed by atoms with Gasteiger partial charge in [0.2, 0.25) is 0 Å². The maximum Gasteiger partial charge on any atom is 0.160 e. The Labute approximate surface area is 296 Å². The zero-order valence-corrected chi connectivity index (χ0v) is 27.9. The quantitative estimate of drug-likeness (QED) is 0.167. The third kappa shape index (κ3) is 5.91. The Bertz CT molecular complexity index is 2670. The molecule has 5 aromatic carbocycles. The molecule has 51 heavy (non-hydrogen) atoms. The van der Waals surface area contributed by atoms with E-state index in [4.69, 9.17) is 19.9 Å². The van der Waals surface area contributed by atoms with Gasteiger partial charge in [-0.05, 0) is 53.9 Å². The van der Waals surface area contributed by atoms with E-state index >= 15 is 0 Å². The van der Waals surface area contributed by atoms with Crippen LogP contribution in [0.5, 0.6) is 0 Å². The summed E-state index contributed by atoms with van der Waals surface area (Å²) in [4.78, 5) is 24.9. The van der Waals surface area contributed by atoms with E-state index in [2.05, 4.69) is 126 Å². The van der Waals surface area contributed by atoms with E-state index in [1.54, 1.807) is 6.20 Å². The third-order valence-corrected chi connectivity index (χ3v) is 9.25. The zero-order valence-electron chi connectivity index (χ0n) is 27.9. The van der Waals surface area contributed by atoms with Crippen molar-refractivity contribution in [2.24, 2.45) is 0 Å². The van der Waals surface area contributed by atoms with E-state index in [1.165, 1.54) is 5.56 Å². The summed E-state index contributed by atoms with van der Waals surface area (Å²) in [6.45, 7) is 2.02. The van der Waals surface area contributed by atoms with Crippen LogP contribution in [-0.2, 0) is 0 Å². The molecule has 0 aliphatic heterocycles. The second-order valence-electron chi connectivity index (χ2n) is 12.6. The van der Waals surface area contributed by atoms with Crippen molar-refractivity contribution in [1.29, 1.82) is 0 Å². The first-order valence-corrected chi connectivity index (χ1v) is 17.0. The standard InChI is InChI=1S/C46H31N5/c1-30-17-18-35-23-24-39-40(38-16-9-25-47-29-38)27-41(49-45(39)44(35)48-30)36-14-8-15-37(26-36)46-50-42(33-12-6-3-7-13-33)28-43(51-46)34-21-19-32(20-22-34)31-10-4-2-5-11-31/h2-29H,1H3. The lowest BCUT2D eigenvalue weighted by Gasteiger charge is -2.13. The molecule has 4 aromatic heterocycles. The molecule has 0 atom stereocenters. The van der Waals surface area contributed by atoms with Gasteiger partial charge in [0.15, 0.2) is 5.82 Å². The van der Waals surface area contributed by atoms with Gasteiger partial charge < -0.3 is 0 Å². The molecule has 0 bridgehead atoms. The zero-order chi connectivity index (χ0) is 34.1. The lowest BCUT2D eigenvalue weighted by Crippen LogP contribution is -1.97. The van der Waals surface area contributed by atoms with E-state index < -0.39 is 0 Å². The predicted molar refractivity (Wildman–Crippen MR) is 208 cm³/mol. The smallest absolute Gasteiger partial charge is 0.160 e. The summed E-state index contributed by atoms with van der Waals surface area (Å²) < 4.78 is 0. The highest BCUT2D eigenvalue weighted by atomic mass is 14.9. The van der Waals surface area contributed by atoms with Crippen LogP contribution in [-0.4, -0.2) is 24.9 Å². The Morgan fingerprint density at radius 1 is 0.392 bits per heavy atom. The van der Waals surface area contributed by atoms with Gasteiger partial charge in [0.25, 0.3) is 0 Å². The minimum Gasteiger partial charge on any atom is -0.264 e. The molecule has 0 aliphatic rings. The van der Waals surface area contributed by atoms with Gasteiger partial charge in [-0.3, -0.25) is 9.97 Å². The normalized spacial score (nSPS) is 11.2. The van der Waals surface area contributed by atoms with E-state index in [9.17, 15) is 0 Å². The van der Waals surface area contributed by atoms with Gasteiger partial charge in [0, 0.05) is 56.7 Å². The van der Waals surface area contributed by atoms with Crippen LogP contribution in [0.2, 0.25) is 0 Å². The Hall–Kier alpha value is -6.85. The first-order chi connectivity index (χ1) is 25.2. The van der Waals surface area contributed by atoms with Crippen LogP contribution in [0.3, 0.4) is 0 Å². The Balaban J connectivity index is 1.19. The van der Waals surface area contributed by atoms with Crippen LogP contribution >= 0.6 is 0 Å². The van der Waals surface area contributed by atoms with Crippen molar-refractivity contribution in [3.63, 3.8) is 0 Å². The molecule has 0 saturated carbocycles. The highest BCUT2D eigenvalue weighted by molar-refractivity contribution is 6.09. The monoisotopic (exact) mass is 653 g/mol. The van der Waals surface area contributed by atoms with Crippen molar-refractivity contribution in [3.8, 4) is 67.4 Å². The number of benzene rings is 5. The maximum atomic E-state index is 5.28. The van der Waals surface area contributed by atoms with Crippen LogP contribution in [0.4, 0.5) is 0 Å². The lowest BCUT2D eigenvalue weighted by molar-refractivity contribution is 1.18. The fraction of sp³-hybridized carbons (Fsp3) is 0.0217. The highest BCUT2D eigenvalue weighted by Crippen LogP contribution is 2.36. The van der Waals surface area contributed by atoms with Gasteiger partial charge in [-0.2, -0.15) is 0 Å². The van der Waals surface area contributed by atoms with Crippen molar-refractivity contribution >= 4 is 21.8 Å². The van der Waals surface area contributed by atoms with Crippen LogP contribution in [0.1, 0.15) is 5.69 Å². The van der Waals surface area contributed by atoms with E-state index in [0.29, 0.717) is 5.82 Å². The molecule has 9 rings (SSSR count). The average Bonchev–Trinajstić information content (AvgIpc) is 3.21. The summed E-state index contributed by atoms with van der Waals surface area (Å²) in [6, 6.07) is 54.3. The molecule has 0 amide bonds. The molecule has 0 N–H and O–H groups in total. The van der Waals surface area contributed by atoms with Crippen LogP contribution in [0.25, 0.3) is 89.2 Å². The lowest BCUT2D eigenvalue weighted by atomic mass is 9.97. The molecule has 0 radical (unpaired) electrons. The number of hydrogen-bond acceptors (Lipinski definition) is 5. The summed E-state index contributed by atoms with van der Waals surface area (Å²) in [7, 11) is 0. The minimum absolute atomic E-state index is 0.649. The molecule has 0 spiro atoms. The number of hydrogen-bond donors (Lipinski definition) is 0. The molecular weight excluding hydrogens is 623 g/mol. The second kappa shape index (κ2) is 12.9. The second-order valence-corrected chi connectivity index (χ2v) is 12.6. The largest absolute Gasteiger partial charge is 0.264 e. The van der Waals surface area contributed by atoms with Gasteiger partial charge in [0.05, 0.1) is 28.1 Å². The number of nitrogens with zero attached hydrogens (tertiary/aromatic N) is 5. The van der Waals surface area contributed by atoms with Crippen LogP contribution < -0.4 is 0 Å². The van der Waals surface area contributed by atoms with Gasteiger partial charge >= 0.3 is 0 Å². The number of rotatable bonds is 6. The van der Waals surface area contributed by atoms with Gasteiger partial charge in [-0.1, -0.05) is 127 Å². The molecule has 240 valence electrons. The summed E-state index contributed by atoms with van der Waals surface area (Å²) in [5.41, 5.74) is 13.6. The Morgan fingerprint density at radius 3 is 1.75 bits per heavy atom. The van der Waals surface area contributed by atoms with Crippen molar-refractivity contribution in [2.45, 2.75) is 6.92 Å². The Kier molecular flexibility index (Phi) is 7.63. The molecule has 4 heterocycles. The summed E-state index contributed by atoms with van der Waals surface area (Å²) in [6.07, 6.45) is 3.70. The number of pyridine rings is 3. The van der Waals surface area contributed by atoms with E-state index in [1.807, 2.05) is 49.5 Å². The fourth-order valence-electron chi connectivity index (χ4n) is 6.64. The van der Waals surface area contributed by atoms with Crippen molar-refractivity contribution in [2.75, 3.05) is 0 Å². The minimum atomic E-state index is 0.649. The van der Waals surface area contributed by atoms with Crippen LogP contribution in [0, 0.1) is 6.92 Å². The first kappa shape index (κ1) is 30.2. The fourth-order valence-corrected chi connectivity index (χ4v) is 6.64. The van der Waals surface area contributed by atoms with Gasteiger partial charge in [-0.15, -0.1) is 0 Å². The Morgan fingerprint density at radius 2 is 1.00 bits per heavy atom. The van der Waals surface area contributed by atoms with Gasteiger partial charge in [-0.25, -0.2) is 15.0 Å². The summed E-state index contributed by atoms with van der Waals surface area (Å²) >= 11 is 0. The molecule has 5 nitrogen and oxygen atoms in total. The highest BCUT2D eigenvalue weighted by Gasteiger charge is 2.16. The predicted octanol–water partition coefficient (Wildman–Crippen LogP) is 11.3. The number of aryl methyl sites for hydroxylation is 1. The van der Waals surface area contributed by atoms with E-state index in [-0.39, 0.29) is 0 Å². The molecule has 5 heteroatoms. The molecular formula is C46H31N5. The van der Waals surface area contributed by atoms with Crippen molar-refractivity contribution in [3.05, 3.63) is 176 Å². The topological polar surface area (TPSA) is 64.5 Å². The van der Waals surface area contributed by atoms with Crippen LogP contribution in [0.15, 0.2) is 170 Å². The number of fused-ring (bicyclic) bond motifs is 3. The molecule has 0 unspecified atom stereocenters.